The second kappa shape index (κ2) is 22.2. The predicted octanol–water partition coefficient (Wildman–Crippen LogP) is 8.42. The summed E-state index contributed by atoms with van der Waals surface area (Å²) in [5.41, 5.74) is 7.52. The number of alkyl halides is 6. The lowest BCUT2D eigenvalue weighted by molar-refractivity contribution is -0.138. The van der Waals surface area contributed by atoms with Gasteiger partial charge in [0.2, 0.25) is 0 Å². The number of rotatable bonds is 7. The molecule has 2 saturated heterocycles. The number of carboxylic acids is 1. The standard InChI is InChI=1S/C25H23F3N4O3.C15H13F3N2O.C10H12N2O3/c26-25(27,28)17-4-1-3-16(15-17)18-7-8-21-23(30-18)19(9-12-35-21)31-24(33)20-5-2-6-22(29-20)32-10-13-34-14-11-32;16-15(17,18)10-3-1-2-9(8-10)12-4-5-13-14(20-12)11(19)6-7-21-13;13-10(14)8-2-1-3-9(11-8)12-4-6-15-7-5-12/h1-8,15,19H,9-14H2,(H,31,33);1-5,8,11H,6-7,19H2;1-3H,4-7H2,(H,13,14). The summed E-state index contributed by atoms with van der Waals surface area (Å²) >= 11 is 0. The molecule has 0 radical (unpaired) electrons. The molecule has 0 aliphatic carbocycles. The average molecular weight is 987 g/mol. The smallest absolute Gasteiger partial charge is 0.416 e. The third-order valence-electron chi connectivity index (χ3n) is 11.7. The first-order valence-corrected chi connectivity index (χ1v) is 22.6. The van der Waals surface area contributed by atoms with Crippen LogP contribution < -0.4 is 30.3 Å². The molecule has 372 valence electrons. The van der Waals surface area contributed by atoms with E-state index in [-0.39, 0.29) is 23.3 Å². The average Bonchev–Trinajstić information content (AvgIpc) is 3.39. The van der Waals surface area contributed by atoms with Crippen molar-refractivity contribution >= 4 is 23.5 Å². The highest BCUT2D eigenvalue weighted by Gasteiger charge is 2.32. The van der Waals surface area contributed by atoms with Gasteiger partial charge in [-0.25, -0.2) is 24.7 Å². The molecule has 15 nitrogen and oxygen atoms in total. The number of aromatic carboxylic acids is 1. The molecule has 8 heterocycles. The summed E-state index contributed by atoms with van der Waals surface area (Å²) in [5, 5.41) is 11.8. The number of ether oxygens (including phenoxy) is 4. The number of benzene rings is 2. The Bertz CT molecular complexity index is 2820. The lowest BCUT2D eigenvalue weighted by atomic mass is 10.0. The molecule has 2 aromatic carbocycles. The quantitative estimate of drug-likeness (QED) is 0.129. The molecule has 0 bridgehead atoms. The molecule has 71 heavy (non-hydrogen) atoms. The molecule has 2 fully saturated rings. The van der Waals surface area contributed by atoms with Crippen LogP contribution in [0.3, 0.4) is 0 Å². The van der Waals surface area contributed by atoms with E-state index >= 15 is 0 Å². The topological polar surface area (TPSA) is 187 Å². The summed E-state index contributed by atoms with van der Waals surface area (Å²) in [6.45, 7) is 6.38. The highest BCUT2D eigenvalue weighted by atomic mass is 19.4. The van der Waals surface area contributed by atoms with Crippen LogP contribution in [-0.4, -0.2) is 103 Å². The zero-order valence-electron chi connectivity index (χ0n) is 38.0. The number of carbonyl (C=O) groups is 2. The van der Waals surface area contributed by atoms with Crippen molar-refractivity contribution in [3.63, 3.8) is 0 Å². The number of aromatic nitrogens is 4. The Kier molecular flexibility index (Phi) is 15.6. The Balaban J connectivity index is 0.000000159. The van der Waals surface area contributed by atoms with Gasteiger partial charge in [0.1, 0.15) is 34.5 Å². The van der Waals surface area contributed by atoms with Crippen molar-refractivity contribution in [2.24, 2.45) is 5.73 Å². The maximum absolute atomic E-state index is 13.2. The van der Waals surface area contributed by atoms with Crippen molar-refractivity contribution in [1.82, 2.24) is 25.3 Å². The second-order valence-corrected chi connectivity index (χ2v) is 16.5. The molecule has 4 aromatic heterocycles. The third-order valence-corrected chi connectivity index (χ3v) is 11.7. The lowest BCUT2D eigenvalue weighted by Gasteiger charge is -2.28. The molecule has 2 atom stereocenters. The van der Waals surface area contributed by atoms with Gasteiger partial charge in [-0.2, -0.15) is 26.3 Å². The number of anilines is 2. The Hall–Kier alpha value is -7.36. The number of nitrogens with zero attached hydrogens (tertiary/aromatic N) is 6. The SMILES string of the molecule is NC1CCOc2ccc(-c3cccc(C(F)(F)F)c3)nc21.O=C(NC1CCOc2ccc(-c3cccc(C(F)(F)F)c3)nc21)c1cccc(N2CCOCC2)n1.O=C(O)c1cccc(N2CCOCC2)n1. The molecular weight excluding hydrogens is 939 g/mol. The number of hydrogen-bond donors (Lipinski definition) is 3. The van der Waals surface area contributed by atoms with Crippen molar-refractivity contribution in [3.05, 3.63) is 143 Å². The second-order valence-electron chi connectivity index (χ2n) is 16.5. The molecule has 10 rings (SSSR count). The Morgan fingerprint density at radius 2 is 1.04 bits per heavy atom. The summed E-state index contributed by atoms with van der Waals surface area (Å²) in [4.78, 5) is 45.4. The Morgan fingerprint density at radius 3 is 1.56 bits per heavy atom. The minimum atomic E-state index is -4.45. The van der Waals surface area contributed by atoms with Crippen LogP contribution in [0.25, 0.3) is 22.5 Å². The van der Waals surface area contributed by atoms with Crippen LogP contribution in [-0.2, 0) is 21.8 Å². The first-order chi connectivity index (χ1) is 34.1. The number of carboxylic acid groups (broad SMARTS) is 1. The van der Waals surface area contributed by atoms with Crippen LogP contribution in [0.2, 0.25) is 0 Å². The molecule has 4 N–H and O–H groups in total. The van der Waals surface area contributed by atoms with Gasteiger partial charge in [-0.3, -0.25) is 4.79 Å². The van der Waals surface area contributed by atoms with Crippen LogP contribution in [0, 0.1) is 0 Å². The minimum Gasteiger partial charge on any atom is -0.492 e. The molecular formula is C50H48F6N8O7. The number of carbonyl (C=O) groups excluding carboxylic acids is 1. The van der Waals surface area contributed by atoms with Crippen LogP contribution in [0.4, 0.5) is 38.0 Å². The molecule has 2 unspecified atom stereocenters. The van der Waals surface area contributed by atoms with Gasteiger partial charge >= 0.3 is 18.3 Å². The van der Waals surface area contributed by atoms with E-state index in [0.717, 1.165) is 37.4 Å². The molecule has 0 spiro atoms. The largest absolute Gasteiger partial charge is 0.492 e. The highest BCUT2D eigenvalue weighted by molar-refractivity contribution is 5.93. The van der Waals surface area contributed by atoms with Gasteiger partial charge in [0, 0.05) is 50.1 Å². The summed E-state index contributed by atoms with van der Waals surface area (Å²) in [6.07, 6.45) is -7.71. The van der Waals surface area contributed by atoms with Gasteiger partial charge in [-0.15, -0.1) is 0 Å². The molecule has 4 aliphatic rings. The fraction of sp³-hybridized carbons (Fsp3) is 0.320. The van der Waals surface area contributed by atoms with E-state index in [1.807, 2.05) is 17.0 Å². The summed E-state index contributed by atoms with van der Waals surface area (Å²) in [6, 6.07) is 26.3. The zero-order valence-corrected chi connectivity index (χ0v) is 38.0. The summed E-state index contributed by atoms with van der Waals surface area (Å²) in [7, 11) is 0. The molecule has 1 amide bonds. The van der Waals surface area contributed by atoms with Gasteiger partial charge in [0.15, 0.2) is 5.69 Å². The summed E-state index contributed by atoms with van der Waals surface area (Å²) < 4.78 is 99.5. The lowest BCUT2D eigenvalue weighted by Crippen LogP contribution is -2.37. The maximum atomic E-state index is 13.2. The van der Waals surface area contributed by atoms with Crippen molar-refractivity contribution in [2.45, 2.75) is 37.3 Å². The Labute approximate surface area is 403 Å². The third kappa shape index (κ3) is 12.7. The van der Waals surface area contributed by atoms with E-state index < -0.39 is 35.5 Å². The van der Waals surface area contributed by atoms with E-state index in [1.165, 1.54) is 18.2 Å². The first-order valence-electron chi connectivity index (χ1n) is 22.6. The predicted molar refractivity (Wildman–Crippen MR) is 248 cm³/mol. The first kappa shape index (κ1) is 50.0. The van der Waals surface area contributed by atoms with Gasteiger partial charge in [-0.1, -0.05) is 36.4 Å². The van der Waals surface area contributed by atoms with Crippen molar-refractivity contribution < 1.29 is 60.0 Å². The van der Waals surface area contributed by atoms with Gasteiger partial charge < -0.3 is 44.9 Å². The van der Waals surface area contributed by atoms with Gasteiger partial charge in [0.25, 0.3) is 5.91 Å². The van der Waals surface area contributed by atoms with E-state index in [9.17, 15) is 35.9 Å². The van der Waals surface area contributed by atoms with E-state index in [0.29, 0.717) is 123 Å². The number of pyridine rings is 4. The zero-order chi connectivity index (χ0) is 50.1. The van der Waals surface area contributed by atoms with Crippen LogP contribution in [0.15, 0.2) is 109 Å². The van der Waals surface area contributed by atoms with Gasteiger partial charge in [0.05, 0.1) is 79.9 Å². The maximum Gasteiger partial charge on any atom is 0.416 e. The Morgan fingerprint density at radius 1 is 0.577 bits per heavy atom. The number of morpholine rings is 2. The van der Waals surface area contributed by atoms with Crippen molar-refractivity contribution in [2.75, 3.05) is 75.6 Å². The fourth-order valence-corrected chi connectivity index (χ4v) is 7.97. The van der Waals surface area contributed by atoms with Gasteiger partial charge in [-0.05, 0) is 72.8 Å². The van der Waals surface area contributed by atoms with Crippen molar-refractivity contribution in [3.8, 4) is 34.0 Å². The monoisotopic (exact) mass is 986 g/mol. The minimum absolute atomic E-state index is 0.0824. The van der Waals surface area contributed by atoms with Crippen molar-refractivity contribution in [1.29, 1.82) is 0 Å². The normalized spacial score (nSPS) is 17.6. The number of fused-ring (bicyclic) bond motifs is 2. The number of amides is 1. The van der Waals surface area contributed by atoms with Crippen LogP contribution in [0.1, 0.15) is 68.4 Å². The van der Waals surface area contributed by atoms with E-state index in [1.54, 1.807) is 54.6 Å². The number of nitrogens with one attached hydrogen (secondary N) is 1. The number of nitrogens with two attached hydrogens (primary N) is 1. The highest BCUT2D eigenvalue weighted by Crippen LogP contribution is 2.37. The fourth-order valence-electron chi connectivity index (χ4n) is 7.97. The molecule has 6 aromatic rings. The summed E-state index contributed by atoms with van der Waals surface area (Å²) in [5.74, 6) is 1.16. The molecule has 0 saturated carbocycles. The van der Waals surface area contributed by atoms with Crippen LogP contribution >= 0.6 is 0 Å². The molecule has 21 heteroatoms. The number of halogens is 6. The number of hydrogen-bond acceptors (Lipinski definition) is 13. The van der Waals surface area contributed by atoms with E-state index in [2.05, 4.69) is 30.2 Å². The molecule has 4 aliphatic heterocycles. The van der Waals surface area contributed by atoms with Crippen LogP contribution in [0.5, 0.6) is 11.5 Å². The van der Waals surface area contributed by atoms with E-state index in [4.69, 9.17) is 29.8 Å².